The van der Waals surface area contributed by atoms with Crippen LogP contribution in [0, 0.1) is 0 Å². The Hall–Kier alpha value is -2.86. The zero-order valence-electron chi connectivity index (χ0n) is 11.3. The van der Waals surface area contributed by atoms with E-state index in [1.165, 1.54) is 12.1 Å². The third-order valence-corrected chi connectivity index (χ3v) is 3.06. The Morgan fingerprint density at radius 2 is 1.71 bits per heavy atom. The number of benzene rings is 2. The minimum absolute atomic E-state index is 0.212. The van der Waals surface area contributed by atoms with Crippen LogP contribution in [0.2, 0.25) is 0 Å². The molecule has 0 radical (unpaired) electrons. The lowest BCUT2D eigenvalue weighted by molar-refractivity contribution is -0.253. The second-order valence-corrected chi connectivity index (χ2v) is 4.60. The van der Waals surface area contributed by atoms with Gasteiger partial charge < -0.3 is 21.9 Å². The smallest absolute Gasteiger partial charge is 0.335 e. The van der Waals surface area contributed by atoms with Crippen molar-refractivity contribution >= 4 is 23.3 Å². The molecule has 6 heteroatoms. The van der Waals surface area contributed by atoms with Gasteiger partial charge in [0, 0.05) is 18.2 Å². The number of carboxylic acid groups (broad SMARTS) is 1. The van der Waals surface area contributed by atoms with Crippen LogP contribution in [-0.2, 0) is 6.54 Å². The van der Waals surface area contributed by atoms with E-state index in [2.05, 4.69) is 11.1 Å². The average molecular weight is 286 g/mol. The van der Waals surface area contributed by atoms with E-state index < -0.39 is 5.97 Å². The van der Waals surface area contributed by atoms with Crippen molar-refractivity contribution in [1.82, 2.24) is 5.32 Å². The highest BCUT2D eigenvalue weighted by atomic mass is 16.4. The summed E-state index contributed by atoms with van der Waals surface area (Å²) in [6.07, 6.45) is 0. The topological polar surface area (TPSA) is 120 Å². The summed E-state index contributed by atoms with van der Waals surface area (Å²) in [4.78, 5) is 22.7. The molecule has 0 atom stereocenters. The Morgan fingerprint density at radius 1 is 1.10 bits per heavy atom. The summed E-state index contributed by atoms with van der Waals surface area (Å²) in [5.74, 6) is -1.22. The van der Waals surface area contributed by atoms with Crippen LogP contribution >= 0.6 is 0 Å². The number of carbonyl (C=O) groups is 2. The normalized spacial score (nSPS) is 10.1. The molecule has 1 amide bonds. The van der Waals surface area contributed by atoms with Crippen molar-refractivity contribution in [2.24, 2.45) is 0 Å². The molecule has 21 heavy (non-hydrogen) atoms. The van der Waals surface area contributed by atoms with E-state index in [1.807, 2.05) is 0 Å². The van der Waals surface area contributed by atoms with Gasteiger partial charge in [-0.05, 0) is 29.8 Å². The monoisotopic (exact) mass is 286 g/mol. The maximum Gasteiger partial charge on any atom is 0.335 e. The Morgan fingerprint density at radius 3 is 2.29 bits per heavy atom. The highest BCUT2D eigenvalue weighted by Crippen LogP contribution is 2.14. The summed E-state index contributed by atoms with van der Waals surface area (Å²) in [7, 11) is 0. The Bertz CT molecular complexity index is 681. The summed E-state index contributed by atoms with van der Waals surface area (Å²) >= 11 is 0. The van der Waals surface area contributed by atoms with Crippen LogP contribution in [0.15, 0.2) is 42.5 Å². The van der Waals surface area contributed by atoms with Crippen LogP contribution in [0.5, 0.6) is 0 Å². The minimum Gasteiger partial charge on any atom is -0.478 e. The molecule has 2 aromatic carbocycles. The highest BCUT2D eigenvalue weighted by molar-refractivity contribution is 5.95. The first-order valence-corrected chi connectivity index (χ1v) is 6.29. The number of quaternary nitrogens is 1. The van der Waals surface area contributed by atoms with E-state index in [0.29, 0.717) is 23.5 Å². The number of rotatable bonds is 4. The zero-order chi connectivity index (χ0) is 15.4. The third-order valence-electron chi connectivity index (χ3n) is 3.06. The van der Waals surface area contributed by atoms with Crippen molar-refractivity contribution in [3.8, 4) is 0 Å². The fraction of sp³-hybridized carbons (Fsp3) is 0.0667. The highest BCUT2D eigenvalue weighted by Gasteiger charge is 2.08. The molecular formula is C15H16N3O3+. The van der Waals surface area contributed by atoms with E-state index in [9.17, 15) is 9.59 Å². The number of carbonyl (C=O) groups excluding carboxylic acids is 1. The van der Waals surface area contributed by atoms with Crippen LogP contribution in [0.1, 0.15) is 26.3 Å². The van der Waals surface area contributed by atoms with Gasteiger partial charge in [0.2, 0.25) is 0 Å². The number of carboxylic acids is 1. The molecule has 0 heterocycles. The molecule has 0 fully saturated rings. The predicted molar refractivity (Wildman–Crippen MR) is 78.0 cm³/mol. The molecule has 0 aliphatic rings. The van der Waals surface area contributed by atoms with Gasteiger partial charge in [-0.1, -0.05) is 12.1 Å². The number of hydrogen-bond acceptors (Lipinski definition) is 3. The molecule has 108 valence electrons. The van der Waals surface area contributed by atoms with Crippen molar-refractivity contribution in [2.45, 2.75) is 6.54 Å². The van der Waals surface area contributed by atoms with Gasteiger partial charge in [-0.15, -0.1) is 0 Å². The van der Waals surface area contributed by atoms with Crippen LogP contribution in [0.4, 0.5) is 11.4 Å². The Kier molecular flexibility index (Phi) is 4.20. The second-order valence-electron chi connectivity index (χ2n) is 4.60. The van der Waals surface area contributed by atoms with Gasteiger partial charge in [0.25, 0.3) is 5.91 Å². The average Bonchev–Trinajstić information content (AvgIpc) is 2.48. The lowest BCUT2D eigenvalue weighted by atomic mass is 10.1. The van der Waals surface area contributed by atoms with E-state index in [0.717, 1.165) is 5.56 Å². The van der Waals surface area contributed by atoms with E-state index in [-0.39, 0.29) is 11.5 Å². The molecule has 0 aromatic heterocycles. The van der Waals surface area contributed by atoms with Gasteiger partial charge in [0.15, 0.2) is 5.69 Å². The molecule has 7 N–H and O–H groups in total. The molecule has 0 aliphatic carbocycles. The minimum atomic E-state index is -0.977. The van der Waals surface area contributed by atoms with Crippen molar-refractivity contribution < 1.29 is 20.4 Å². The van der Waals surface area contributed by atoms with E-state index >= 15 is 0 Å². The van der Waals surface area contributed by atoms with Gasteiger partial charge in [-0.2, -0.15) is 0 Å². The molecule has 0 bridgehead atoms. The largest absolute Gasteiger partial charge is 0.478 e. The number of nitrogens with two attached hydrogens (primary N) is 1. The van der Waals surface area contributed by atoms with Crippen molar-refractivity contribution in [3.63, 3.8) is 0 Å². The number of aromatic carboxylic acids is 1. The quantitative estimate of drug-likeness (QED) is 0.620. The van der Waals surface area contributed by atoms with Crippen molar-refractivity contribution in [3.05, 3.63) is 59.2 Å². The standard InChI is InChI=1S/C15H15N3O3/c16-12-6-5-11(7-13(12)17)14(19)18-8-9-1-3-10(4-2-9)15(20)21/h1-7H,8,16-17H2,(H,18,19)(H,20,21)/p+1. The maximum absolute atomic E-state index is 12.0. The van der Waals surface area contributed by atoms with Gasteiger partial charge in [0.05, 0.1) is 11.3 Å². The Balaban J connectivity index is 2.00. The first-order chi connectivity index (χ1) is 9.97. The number of hydrogen-bond donors (Lipinski definition) is 4. The molecule has 0 spiro atoms. The number of amides is 1. The maximum atomic E-state index is 12.0. The molecule has 6 nitrogen and oxygen atoms in total. The van der Waals surface area contributed by atoms with Crippen LogP contribution in [0.25, 0.3) is 0 Å². The third kappa shape index (κ3) is 3.58. The summed E-state index contributed by atoms with van der Waals surface area (Å²) < 4.78 is 0. The first-order valence-electron chi connectivity index (χ1n) is 6.29. The van der Waals surface area contributed by atoms with Crippen LogP contribution in [0.3, 0.4) is 0 Å². The van der Waals surface area contributed by atoms with Gasteiger partial charge >= 0.3 is 5.97 Å². The number of anilines is 1. The van der Waals surface area contributed by atoms with Crippen LogP contribution < -0.4 is 16.8 Å². The van der Waals surface area contributed by atoms with E-state index in [4.69, 9.17) is 10.8 Å². The van der Waals surface area contributed by atoms with Gasteiger partial charge in [-0.25, -0.2) is 4.79 Å². The van der Waals surface area contributed by atoms with Gasteiger partial charge in [-0.3, -0.25) is 4.79 Å². The summed E-state index contributed by atoms with van der Waals surface area (Å²) in [6.45, 7) is 0.310. The molecule has 0 aliphatic heterocycles. The lowest BCUT2D eigenvalue weighted by Crippen LogP contribution is -2.41. The fourth-order valence-corrected chi connectivity index (χ4v) is 1.79. The zero-order valence-corrected chi connectivity index (χ0v) is 11.3. The van der Waals surface area contributed by atoms with Crippen LogP contribution in [-0.4, -0.2) is 17.0 Å². The van der Waals surface area contributed by atoms with Crippen molar-refractivity contribution in [2.75, 3.05) is 5.73 Å². The van der Waals surface area contributed by atoms with Gasteiger partial charge in [0.1, 0.15) is 0 Å². The molecule has 0 saturated heterocycles. The predicted octanol–water partition coefficient (Wildman–Crippen LogP) is 0.770. The number of nitrogens with one attached hydrogen (secondary N) is 1. The Labute approximate surface area is 121 Å². The first kappa shape index (κ1) is 14.5. The SMILES string of the molecule is Nc1cc(C(=O)NCc2ccc(C(=O)O)cc2)ccc1[NH3+]. The molecule has 2 rings (SSSR count). The molecular weight excluding hydrogens is 270 g/mol. The summed E-state index contributed by atoms with van der Waals surface area (Å²) in [5.41, 5.74) is 12.1. The fourth-order valence-electron chi connectivity index (χ4n) is 1.79. The molecule has 0 unspecified atom stereocenters. The second kappa shape index (κ2) is 6.06. The van der Waals surface area contributed by atoms with E-state index in [1.54, 1.807) is 30.3 Å². The molecule has 0 saturated carbocycles. The lowest BCUT2D eigenvalue weighted by Gasteiger charge is -2.06. The summed E-state index contributed by atoms with van der Waals surface area (Å²) in [6, 6.07) is 11.2. The molecule has 2 aromatic rings. The summed E-state index contributed by atoms with van der Waals surface area (Å²) in [5, 5.41) is 11.6. The van der Waals surface area contributed by atoms with Crippen molar-refractivity contribution in [1.29, 1.82) is 0 Å². The number of nitrogen functional groups attached to an aromatic ring is 1.